The Hall–Kier alpha value is -0.970. The first-order valence-corrected chi connectivity index (χ1v) is 3.02. The molecule has 0 aromatic rings. The number of nitrogens with two attached hydrogens (primary N) is 2. The van der Waals surface area contributed by atoms with Gasteiger partial charge in [-0.25, -0.2) is 0 Å². The van der Waals surface area contributed by atoms with Crippen molar-refractivity contribution in [3.63, 3.8) is 0 Å². The number of hydrogen-bond acceptors (Lipinski definition) is 4. The van der Waals surface area contributed by atoms with Crippen LogP contribution in [-0.2, 0) is 4.79 Å². The highest BCUT2D eigenvalue weighted by atomic mass is 16.1. The quantitative estimate of drug-likeness (QED) is 0.549. The molecule has 0 unspecified atom stereocenters. The maximum atomic E-state index is 10.4. The highest BCUT2D eigenvalue weighted by molar-refractivity contribution is 5.79. The van der Waals surface area contributed by atoms with Crippen LogP contribution < -0.4 is 11.5 Å². The van der Waals surface area contributed by atoms with Crippen LogP contribution in [0.2, 0.25) is 0 Å². The lowest BCUT2D eigenvalue weighted by Gasteiger charge is -2.07. The summed E-state index contributed by atoms with van der Waals surface area (Å²) in [5, 5.41) is 7.39. The summed E-state index contributed by atoms with van der Waals surface area (Å²) in [6.07, 6.45) is 0.419. The van der Waals surface area contributed by atoms with E-state index in [0.29, 0.717) is 6.42 Å². The third kappa shape index (κ3) is 1.51. The molecular weight excluding hydrogens is 132 g/mol. The predicted octanol–water partition coefficient (Wildman–Crippen LogP) is -0.629. The number of hydrogen-bond donors (Lipinski definition) is 2. The van der Waals surface area contributed by atoms with Crippen LogP contribution in [0.4, 0.5) is 0 Å². The predicted molar refractivity (Wildman–Crippen MR) is 35.0 cm³/mol. The molecule has 1 atom stereocenters. The van der Waals surface area contributed by atoms with E-state index >= 15 is 0 Å². The zero-order chi connectivity index (χ0) is 7.78. The molecule has 0 spiro atoms. The lowest BCUT2D eigenvalue weighted by atomic mass is 10.1. The Balaban J connectivity index is 2.32. The summed E-state index contributed by atoms with van der Waals surface area (Å²) in [5.41, 5.74) is 9.85. The molecule has 0 fully saturated rings. The molecule has 0 saturated heterocycles. The van der Waals surface area contributed by atoms with Crippen molar-refractivity contribution in [2.24, 2.45) is 21.7 Å². The Bertz CT molecular complexity index is 182. The second-order valence-electron chi connectivity index (χ2n) is 2.63. The van der Waals surface area contributed by atoms with Crippen LogP contribution in [0.15, 0.2) is 10.2 Å². The average molecular weight is 142 g/mol. The van der Waals surface area contributed by atoms with Crippen molar-refractivity contribution < 1.29 is 4.79 Å². The summed E-state index contributed by atoms with van der Waals surface area (Å²) in [6.45, 7) is 1.80. The van der Waals surface area contributed by atoms with Crippen LogP contribution in [0, 0.1) is 0 Å². The SMILES string of the molecule is CC1(C[C@H](N)C(N)=O)N=N1. The van der Waals surface area contributed by atoms with E-state index in [1.165, 1.54) is 0 Å². The van der Waals surface area contributed by atoms with Crippen molar-refractivity contribution in [2.45, 2.75) is 25.0 Å². The van der Waals surface area contributed by atoms with Crippen molar-refractivity contribution in [1.82, 2.24) is 0 Å². The van der Waals surface area contributed by atoms with Gasteiger partial charge in [0.25, 0.3) is 0 Å². The first-order valence-electron chi connectivity index (χ1n) is 3.02. The van der Waals surface area contributed by atoms with Crippen LogP contribution in [0.25, 0.3) is 0 Å². The van der Waals surface area contributed by atoms with Gasteiger partial charge in [0.15, 0.2) is 5.66 Å². The summed E-state index contributed by atoms with van der Waals surface area (Å²) in [5.74, 6) is -0.501. The van der Waals surface area contributed by atoms with Crippen LogP contribution in [0.3, 0.4) is 0 Å². The van der Waals surface area contributed by atoms with Crippen LogP contribution in [0.5, 0.6) is 0 Å². The van der Waals surface area contributed by atoms with E-state index < -0.39 is 17.6 Å². The molecule has 0 aliphatic carbocycles. The van der Waals surface area contributed by atoms with E-state index in [4.69, 9.17) is 11.5 Å². The van der Waals surface area contributed by atoms with Crippen molar-refractivity contribution in [1.29, 1.82) is 0 Å². The molecule has 5 heteroatoms. The van der Waals surface area contributed by atoms with Gasteiger partial charge in [-0.05, 0) is 6.92 Å². The Morgan fingerprint density at radius 2 is 2.20 bits per heavy atom. The molecule has 1 aliphatic rings. The first kappa shape index (κ1) is 7.14. The van der Waals surface area contributed by atoms with Gasteiger partial charge in [0, 0.05) is 6.42 Å². The summed E-state index contributed by atoms with van der Waals surface area (Å²) in [4.78, 5) is 10.4. The molecular formula is C5H10N4O. The molecule has 1 rings (SSSR count). The Morgan fingerprint density at radius 3 is 2.50 bits per heavy atom. The Labute approximate surface area is 58.5 Å². The smallest absolute Gasteiger partial charge is 0.234 e. The molecule has 1 amide bonds. The van der Waals surface area contributed by atoms with Gasteiger partial charge < -0.3 is 11.5 Å². The second kappa shape index (κ2) is 2.02. The fourth-order valence-corrected chi connectivity index (χ4v) is 0.684. The maximum Gasteiger partial charge on any atom is 0.234 e. The van der Waals surface area contributed by atoms with Crippen LogP contribution in [-0.4, -0.2) is 17.6 Å². The zero-order valence-electron chi connectivity index (χ0n) is 5.74. The summed E-state index contributed by atoms with van der Waals surface area (Å²) < 4.78 is 0. The minimum atomic E-state index is -0.625. The standard InChI is InChI=1S/C5H10N4O/c1-5(8-9-5)2-3(6)4(7)10/h3H,2,6H2,1H3,(H2,7,10)/t3-/m0/s1. The van der Waals surface area contributed by atoms with E-state index in [2.05, 4.69) is 10.2 Å². The monoisotopic (exact) mass is 142 g/mol. The van der Waals surface area contributed by atoms with E-state index in [-0.39, 0.29) is 0 Å². The third-order valence-corrected chi connectivity index (χ3v) is 1.41. The minimum absolute atomic E-state index is 0.419. The van der Waals surface area contributed by atoms with Gasteiger partial charge in [-0.15, -0.1) is 0 Å². The van der Waals surface area contributed by atoms with Gasteiger partial charge in [-0.3, -0.25) is 4.79 Å². The largest absolute Gasteiger partial charge is 0.368 e. The van der Waals surface area contributed by atoms with Crippen LogP contribution >= 0.6 is 0 Å². The summed E-state index contributed by atoms with van der Waals surface area (Å²) in [7, 11) is 0. The fraction of sp³-hybridized carbons (Fsp3) is 0.800. The van der Waals surface area contributed by atoms with Crippen molar-refractivity contribution >= 4 is 5.91 Å². The minimum Gasteiger partial charge on any atom is -0.368 e. The van der Waals surface area contributed by atoms with Gasteiger partial charge in [0.05, 0.1) is 6.04 Å². The summed E-state index contributed by atoms with van der Waals surface area (Å²) >= 11 is 0. The lowest BCUT2D eigenvalue weighted by molar-refractivity contribution is -0.119. The van der Waals surface area contributed by atoms with E-state index in [1.54, 1.807) is 6.92 Å². The van der Waals surface area contributed by atoms with E-state index in [0.717, 1.165) is 0 Å². The van der Waals surface area contributed by atoms with Crippen molar-refractivity contribution in [3.8, 4) is 0 Å². The van der Waals surface area contributed by atoms with E-state index in [1.807, 2.05) is 0 Å². The third-order valence-electron chi connectivity index (χ3n) is 1.41. The number of rotatable bonds is 3. The molecule has 10 heavy (non-hydrogen) atoms. The topological polar surface area (TPSA) is 93.8 Å². The normalized spacial score (nSPS) is 22.2. The van der Waals surface area contributed by atoms with Gasteiger partial charge in [-0.2, -0.15) is 10.2 Å². The molecule has 1 heterocycles. The average Bonchev–Trinajstić information content (AvgIpc) is 2.47. The molecule has 0 aromatic heterocycles. The van der Waals surface area contributed by atoms with Gasteiger partial charge >= 0.3 is 0 Å². The molecule has 0 saturated carbocycles. The molecule has 56 valence electrons. The molecule has 5 nitrogen and oxygen atoms in total. The number of amides is 1. The number of primary amides is 1. The fourth-order valence-electron chi connectivity index (χ4n) is 0.684. The number of carbonyl (C=O) groups excluding carboxylic acids is 1. The van der Waals surface area contributed by atoms with Crippen LogP contribution in [0.1, 0.15) is 13.3 Å². The Morgan fingerprint density at radius 1 is 1.70 bits per heavy atom. The lowest BCUT2D eigenvalue weighted by Crippen LogP contribution is -2.39. The number of carbonyl (C=O) groups is 1. The summed E-state index contributed by atoms with van der Waals surface area (Å²) in [6, 6.07) is -0.625. The van der Waals surface area contributed by atoms with Gasteiger partial charge in [0.2, 0.25) is 5.91 Å². The van der Waals surface area contributed by atoms with Crippen molar-refractivity contribution in [2.75, 3.05) is 0 Å². The molecule has 0 aromatic carbocycles. The van der Waals surface area contributed by atoms with Crippen molar-refractivity contribution in [3.05, 3.63) is 0 Å². The van der Waals surface area contributed by atoms with E-state index in [9.17, 15) is 4.79 Å². The number of nitrogens with zero attached hydrogens (tertiary/aromatic N) is 2. The molecule has 0 bridgehead atoms. The highest BCUT2D eigenvalue weighted by Gasteiger charge is 2.36. The maximum absolute atomic E-state index is 10.4. The van der Waals surface area contributed by atoms with Gasteiger partial charge in [0.1, 0.15) is 0 Å². The Kier molecular flexibility index (Phi) is 1.44. The second-order valence-corrected chi connectivity index (χ2v) is 2.63. The molecule has 1 aliphatic heterocycles. The van der Waals surface area contributed by atoms with Gasteiger partial charge in [-0.1, -0.05) is 0 Å². The molecule has 0 radical (unpaired) electrons. The zero-order valence-corrected chi connectivity index (χ0v) is 5.74. The highest BCUT2D eigenvalue weighted by Crippen LogP contribution is 2.31. The first-order chi connectivity index (χ1) is 4.53. The molecule has 4 N–H and O–H groups in total.